The molecule has 0 aliphatic rings. The molecule has 94 valence electrons. The first-order valence-corrected chi connectivity index (χ1v) is 6.25. The van der Waals surface area contributed by atoms with Gasteiger partial charge in [0, 0.05) is 6.04 Å². The summed E-state index contributed by atoms with van der Waals surface area (Å²) in [5.74, 6) is -0.202. The maximum Gasteiger partial charge on any atom is 0.123 e. The van der Waals surface area contributed by atoms with E-state index in [4.69, 9.17) is 5.73 Å². The second kappa shape index (κ2) is 5.78. The number of aryl methyl sites for hydroxylation is 1. The molecular weight excluding hydrogens is 225 g/mol. The van der Waals surface area contributed by atoms with Gasteiger partial charge in [0.25, 0.3) is 0 Å². The van der Waals surface area contributed by atoms with Crippen molar-refractivity contribution in [3.8, 4) is 11.1 Å². The summed E-state index contributed by atoms with van der Waals surface area (Å²) in [6.45, 7) is 2.02. The molecular formula is C16H18FN. The normalized spacial score (nSPS) is 12.4. The molecule has 2 aromatic rings. The van der Waals surface area contributed by atoms with Crippen LogP contribution >= 0.6 is 0 Å². The van der Waals surface area contributed by atoms with E-state index >= 15 is 0 Å². The summed E-state index contributed by atoms with van der Waals surface area (Å²) < 4.78 is 12.9. The minimum absolute atomic E-state index is 0.202. The standard InChI is InChI=1S/C16H18FN/c1-12(18)5-6-13-3-2-4-15(11-13)14-7-9-16(17)10-8-14/h2-4,7-12H,5-6,18H2,1H3. The first-order chi connectivity index (χ1) is 8.65. The highest BCUT2D eigenvalue weighted by molar-refractivity contribution is 5.64. The quantitative estimate of drug-likeness (QED) is 0.869. The molecule has 0 spiro atoms. The molecule has 2 N–H and O–H groups in total. The van der Waals surface area contributed by atoms with Crippen molar-refractivity contribution in [3.63, 3.8) is 0 Å². The summed E-state index contributed by atoms with van der Waals surface area (Å²) in [6.07, 6.45) is 1.96. The Balaban J connectivity index is 2.18. The Labute approximate surface area is 107 Å². The van der Waals surface area contributed by atoms with E-state index in [1.54, 1.807) is 12.1 Å². The number of benzene rings is 2. The molecule has 1 unspecified atom stereocenters. The van der Waals surface area contributed by atoms with Gasteiger partial charge in [-0.1, -0.05) is 36.4 Å². The highest BCUT2D eigenvalue weighted by Gasteiger charge is 2.01. The lowest BCUT2D eigenvalue weighted by Crippen LogP contribution is -2.15. The van der Waals surface area contributed by atoms with Crippen LogP contribution in [0.4, 0.5) is 4.39 Å². The summed E-state index contributed by atoms with van der Waals surface area (Å²) in [4.78, 5) is 0. The zero-order chi connectivity index (χ0) is 13.0. The second-order valence-corrected chi connectivity index (χ2v) is 4.72. The molecule has 0 aliphatic heterocycles. The summed E-state index contributed by atoms with van der Waals surface area (Å²) in [6, 6.07) is 15.1. The molecule has 1 atom stereocenters. The zero-order valence-electron chi connectivity index (χ0n) is 10.6. The first kappa shape index (κ1) is 12.8. The highest BCUT2D eigenvalue weighted by Crippen LogP contribution is 2.21. The fraction of sp³-hybridized carbons (Fsp3) is 0.250. The van der Waals surface area contributed by atoms with Gasteiger partial charge in [-0.2, -0.15) is 0 Å². The van der Waals surface area contributed by atoms with Crippen LogP contribution in [0.1, 0.15) is 18.9 Å². The van der Waals surface area contributed by atoms with E-state index in [9.17, 15) is 4.39 Å². The molecule has 0 amide bonds. The molecule has 1 nitrogen and oxygen atoms in total. The molecule has 2 heteroatoms. The molecule has 0 fully saturated rings. The van der Waals surface area contributed by atoms with Crippen molar-refractivity contribution < 1.29 is 4.39 Å². The van der Waals surface area contributed by atoms with Crippen LogP contribution < -0.4 is 5.73 Å². The molecule has 18 heavy (non-hydrogen) atoms. The Morgan fingerprint density at radius 1 is 1.06 bits per heavy atom. The van der Waals surface area contributed by atoms with Gasteiger partial charge in [-0.3, -0.25) is 0 Å². The zero-order valence-corrected chi connectivity index (χ0v) is 10.6. The van der Waals surface area contributed by atoms with E-state index < -0.39 is 0 Å². The molecule has 0 radical (unpaired) electrons. The van der Waals surface area contributed by atoms with Gasteiger partial charge < -0.3 is 5.73 Å². The Bertz CT molecular complexity index is 503. The van der Waals surface area contributed by atoms with Crippen molar-refractivity contribution in [2.24, 2.45) is 5.73 Å². The van der Waals surface area contributed by atoms with Gasteiger partial charge in [0.1, 0.15) is 5.82 Å². The average Bonchev–Trinajstić information content (AvgIpc) is 2.37. The van der Waals surface area contributed by atoms with E-state index in [2.05, 4.69) is 12.1 Å². The molecule has 2 aromatic carbocycles. The first-order valence-electron chi connectivity index (χ1n) is 6.25. The van der Waals surface area contributed by atoms with Crippen molar-refractivity contribution in [2.45, 2.75) is 25.8 Å². The van der Waals surface area contributed by atoms with Gasteiger partial charge >= 0.3 is 0 Å². The van der Waals surface area contributed by atoms with Crippen molar-refractivity contribution >= 4 is 0 Å². The van der Waals surface area contributed by atoms with Gasteiger partial charge in [0.05, 0.1) is 0 Å². The van der Waals surface area contributed by atoms with Crippen LogP contribution in [0.2, 0.25) is 0 Å². The van der Waals surface area contributed by atoms with E-state index in [0.717, 1.165) is 24.0 Å². The average molecular weight is 243 g/mol. The van der Waals surface area contributed by atoms with Crippen LogP contribution in [0.5, 0.6) is 0 Å². The largest absolute Gasteiger partial charge is 0.328 e. The molecule has 2 rings (SSSR count). The summed E-state index contributed by atoms with van der Waals surface area (Å²) >= 11 is 0. The van der Waals surface area contributed by atoms with E-state index in [-0.39, 0.29) is 11.9 Å². The molecule has 0 aliphatic carbocycles. The third-order valence-corrected chi connectivity index (χ3v) is 2.99. The van der Waals surface area contributed by atoms with Crippen LogP contribution in [-0.2, 0) is 6.42 Å². The lowest BCUT2D eigenvalue weighted by Gasteiger charge is -2.07. The van der Waals surface area contributed by atoms with E-state index in [1.165, 1.54) is 17.7 Å². The maximum absolute atomic E-state index is 12.9. The fourth-order valence-electron chi connectivity index (χ4n) is 1.94. The lowest BCUT2D eigenvalue weighted by atomic mass is 10.00. The summed E-state index contributed by atoms with van der Waals surface area (Å²) in [7, 11) is 0. The summed E-state index contributed by atoms with van der Waals surface area (Å²) in [5.41, 5.74) is 9.20. The van der Waals surface area contributed by atoms with Crippen molar-refractivity contribution in [3.05, 3.63) is 59.9 Å². The predicted octanol–water partition coefficient (Wildman–Crippen LogP) is 3.77. The minimum Gasteiger partial charge on any atom is -0.328 e. The number of rotatable bonds is 4. The number of halogens is 1. The smallest absolute Gasteiger partial charge is 0.123 e. The van der Waals surface area contributed by atoms with Crippen molar-refractivity contribution in [1.29, 1.82) is 0 Å². The minimum atomic E-state index is -0.202. The van der Waals surface area contributed by atoms with Gasteiger partial charge in [-0.05, 0) is 48.6 Å². The molecule has 0 aromatic heterocycles. The molecule has 0 saturated carbocycles. The summed E-state index contributed by atoms with van der Waals surface area (Å²) in [5, 5.41) is 0. The van der Waals surface area contributed by atoms with Crippen LogP contribution in [0, 0.1) is 5.82 Å². The number of hydrogen-bond donors (Lipinski definition) is 1. The Morgan fingerprint density at radius 3 is 2.44 bits per heavy atom. The highest BCUT2D eigenvalue weighted by atomic mass is 19.1. The van der Waals surface area contributed by atoms with Gasteiger partial charge in [-0.15, -0.1) is 0 Å². The van der Waals surface area contributed by atoms with Crippen LogP contribution in [-0.4, -0.2) is 6.04 Å². The second-order valence-electron chi connectivity index (χ2n) is 4.72. The van der Waals surface area contributed by atoms with E-state index in [1.807, 2.05) is 19.1 Å². The SMILES string of the molecule is CC(N)CCc1cccc(-c2ccc(F)cc2)c1. The lowest BCUT2D eigenvalue weighted by molar-refractivity contribution is 0.628. The predicted molar refractivity (Wildman–Crippen MR) is 73.8 cm³/mol. The Morgan fingerprint density at radius 2 is 1.78 bits per heavy atom. The molecule has 0 saturated heterocycles. The van der Waals surface area contributed by atoms with Gasteiger partial charge in [-0.25, -0.2) is 4.39 Å². The Kier molecular flexibility index (Phi) is 4.11. The molecule has 0 heterocycles. The van der Waals surface area contributed by atoms with Crippen LogP contribution in [0.15, 0.2) is 48.5 Å². The monoisotopic (exact) mass is 243 g/mol. The third kappa shape index (κ3) is 3.41. The Hall–Kier alpha value is -1.67. The van der Waals surface area contributed by atoms with Gasteiger partial charge in [0.15, 0.2) is 0 Å². The topological polar surface area (TPSA) is 26.0 Å². The van der Waals surface area contributed by atoms with Crippen LogP contribution in [0.3, 0.4) is 0 Å². The van der Waals surface area contributed by atoms with Crippen LogP contribution in [0.25, 0.3) is 11.1 Å². The van der Waals surface area contributed by atoms with Gasteiger partial charge in [0.2, 0.25) is 0 Å². The van der Waals surface area contributed by atoms with Crippen molar-refractivity contribution in [1.82, 2.24) is 0 Å². The third-order valence-electron chi connectivity index (χ3n) is 2.99. The van der Waals surface area contributed by atoms with E-state index in [0.29, 0.717) is 0 Å². The fourth-order valence-corrected chi connectivity index (χ4v) is 1.94. The maximum atomic E-state index is 12.9. The number of nitrogens with two attached hydrogens (primary N) is 1. The number of hydrogen-bond acceptors (Lipinski definition) is 1. The molecule has 0 bridgehead atoms. The van der Waals surface area contributed by atoms with Crippen molar-refractivity contribution in [2.75, 3.05) is 0 Å².